The molecule has 1 amide bonds. The largest absolute Gasteiger partial charge is 0.371 e. The Morgan fingerprint density at radius 3 is 2.85 bits per heavy atom. The summed E-state index contributed by atoms with van der Waals surface area (Å²) in [5.74, 6) is 1.28. The van der Waals surface area contributed by atoms with Crippen LogP contribution in [0.2, 0.25) is 10.0 Å². The summed E-state index contributed by atoms with van der Waals surface area (Å²) < 4.78 is 0. The van der Waals surface area contributed by atoms with E-state index in [1.165, 1.54) is 24.1 Å². The van der Waals surface area contributed by atoms with E-state index in [0.717, 1.165) is 30.8 Å². The van der Waals surface area contributed by atoms with E-state index >= 15 is 0 Å². The minimum absolute atomic E-state index is 0.0825. The van der Waals surface area contributed by atoms with Crippen LogP contribution in [0.15, 0.2) is 42.5 Å². The minimum atomic E-state index is 0.0825. The molecule has 2 aromatic rings. The van der Waals surface area contributed by atoms with E-state index in [-0.39, 0.29) is 5.91 Å². The number of para-hydroxylation sites is 1. The molecule has 0 bridgehead atoms. The Labute approximate surface area is 175 Å². The first-order chi connectivity index (χ1) is 13.1. The lowest BCUT2D eigenvalue weighted by molar-refractivity contribution is -0.118. The first kappa shape index (κ1) is 20.4. The summed E-state index contributed by atoms with van der Waals surface area (Å²) in [6, 6.07) is 14.2. The van der Waals surface area contributed by atoms with E-state index in [2.05, 4.69) is 34.5 Å². The first-order valence-electron chi connectivity index (χ1n) is 9.25. The van der Waals surface area contributed by atoms with Crippen molar-refractivity contribution >= 4 is 46.6 Å². The highest BCUT2D eigenvalue weighted by atomic mass is 35.5. The van der Waals surface area contributed by atoms with Crippen LogP contribution >= 0.6 is 35.0 Å². The zero-order chi connectivity index (χ0) is 19.1. The molecule has 0 aromatic heterocycles. The number of anilines is 1. The Morgan fingerprint density at radius 2 is 2.00 bits per heavy atom. The molecule has 0 saturated carbocycles. The van der Waals surface area contributed by atoms with Crippen molar-refractivity contribution in [1.29, 1.82) is 0 Å². The van der Waals surface area contributed by atoms with Crippen LogP contribution in [0.5, 0.6) is 0 Å². The molecule has 0 unspecified atom stereocenters. The van der Waals surface area contributed by atoms with E-state index < -0.39 is 0 Å². The summed E-state index contributed by atoms with van der Waals surface area (Å²) >= 11 is 13.5. The van der Waals surface area contributed by atoms with Gasteiger partial charge in [0.2, 0.25) is 5.91 Å². The molecule has 1 aliphatic rings. The van der Waals surface area contributed by atoms with Gasteiger partial charge in [-0.05, 0) is 48.6 Å². The first-order valence-corrected chi connectivity index (χ1v) is 11.2. The number of fused-ring (bicyclic) bond motifs is 1. The molecule has 0 saturated heterocycles. The van der Waals surface area contributed by atoms with Gasteiger partial charge in [-0.3, -0.25) is 4.79 Å². The Balaban J connectivity index is 1.33. The normalized spacial score (nSPS) is 13.3. The van der Waals surface area contributed by atoms with Gasteiger partial charge in [0.1, 0.15) is 0 Å². The highest BCUT2D eigenvalue weighted by Crippen LogP contribution is 2.26. The molecule has 27 heavy (non-hydrogen) atoms. The Kier molecular flexibility index (Phi) is 7.74. The van der Waals surface area contributed by atoms with Crippen molar-refractivity contribution in [1.82, 2.24) is 5.32 Å². The third kappa shape index (κ3) is 6.06. The summed E-state index contributed by atoms with van der Waals surface area (Å²) in [6.07, 6.45) is 3.33. The van der Waals surface area contributed by atoms with Crippen molar-refractivity contribution in [3.05, 3.63) is 63.6 Å². The Morgan fingerprint density at radius 1 is 1.15 bits per heavy atom. The number of hydrogen-bond donors (Lipinski definition) is 1. The van der Waals surface area contributed by atoms with Crippen molar-refractivity contribution in [3.63, 3.8) is 0 Å². The molecule has 3 nitrogen and oxygen atoms in total. The van der Waals surface area contributed by atoms with Crippen molar-refractivity contribution in [3.8, 4) is 0 Å². The second-order valence-electron chi connectivity index (χ2n) is 6.66. The number of carbonyl (C=O) groups is 1. The van der Waals surface area contributed by atoms with Gasteiger partial charge < -0.3 is 10.2 Å². The maximum Gasteiger partial charge on any atom is 0.230 e. The quantitative estimate of drug-likeness (QED) is 0.594. The van der Waals surface area contributed by atoms with Gasteiger partial charge in [0, 0.05) is 31.1 Å². The molecule has 0 aliphatic carbocycles. The van der Waals surface area contributed by atoms with E-state index in [4.69, 9.17) is 23.2 Å². The predicted octanol–water partition coefficient (Wildman–Crippen LogP) is 5.19. The van der Waals surface area contributed by atoms with Crippen LogP contribution in [0, 0.1) is 0 Å². The van der Waals surface area contributed by atoms with E-state index in [1.807, 2.05) is 12.1 Å². The summed E-state index contributed by atoms with van der Waals surface area (Å²) in [5, 5.41) is 4.13. The molecule has 1 heterocycles. The average Bonchev–Trinajstić information content (AvgIpc) is 2.68. The molecule has 3 rings (SSSR count). The summed E-state index contributed by atoms with van der Waals surface area (Å²) in [5.41, 5.74) is 3.87. The van der Waals surface area contributed by atoms with Gasteiger partial charge in [0.05, 0.1) is 15.8 Å². The van der Waals surface area contributed by atoms with Gasteiger partial charge in [-0.2, -0.15) is 0 Å². The SMILES string of the molecule is O=C(CSCc1ccc(Cl)c(Cl)c1)NCCCN1CCCc2ccccc21. The Bertz CT molecular complexity index is 785. The van der Waals surface area contributed by atoms with Crippen LogP contribution < -0.4 is 10.2 Å². The number of carbonyl (C=O) groups excluding carboxylic acids is 1. The fraction of sp³-hybridized carbons (Fsp3) is 0.381. The molecule has 6 heteroatoms. The fourth-order valence-electron chi connectivity index (χ4n) is 3.28. The number of halogens is 2. The second kappa shape index (κ2) is 10.3. The lowest BCUT2D eigenvalue weighted by Gasteiger charge is -2.31. The number of hydrogen-bond acceptors (Lipinski definition) is 3. The van der Waals surface area contributed by atoms with Crippen LogP contribution in [0.4, 0.5) is 5.69 Å². The van der Waals surface area contributed by atoms with Crippen LogP contribution in [0.3, 0.4) is 0 Å². The van der Waals surface area contributed by atoms with Crippen molar-refractivity contribution in [2.45, 2.75) is 25.0 Å². The van der Waals surface area contributed by atoms with Crippen LogP contribution in [0.25, 0.3) is 0 Å². The molecule has 2 aromatic carbocycles. The molecular formula is C21H24Cl2N2OS. The lowest BCUT2D eigenvalue weighted by Crippen LogP contribution is -2.33. The van der Waals surface area contributed by atoms with Gasteiger partial charge in [0.25, 0.3) is 0 Å². The molecule has 144 valence electrons. The Hall–Kier alpha value is -1.36. The van der Waals surface area contributed by atoms with Gasteiger partial charge >= 0.3 is 0 Å². The standard InChI is InChI=1S/C21H24Cl2N2OS/c22-18-9-8-16(13-19(18)23)14-27-15-21(26)24-10-4-12-25-11-3-6-17-5-1-2-7-20(17)25/h1-2,5,7-9,13H,3-4,6,10-12,14-15H2,(H,24,26). The maximum atomic E-state index is 12.0. The number of rotatable bonds is 8. The minimum Gasteiger partial charge on any atom is -0.371 e. The third-order valence-corrected chi connectivity index (χ3v) is 6.36. The number of amides is 1. The van der Waals surface area contributed by atoms with Crippen molar-refractivity contribution in [2.75, 3.05) is 30.3 Å². The average molecular weight is 423 g/mol. The molecule has 1 N–H and O–H groups in total. The van der Waals surface area contributed by atoms with Crippen molar-refractivity contribution < 1.29 is 4.79 Å². The van der Waals surface area contributed by atoms with Crippen LogP contribution in [-0.4, -0.2) is 31.3 Å². The number of nitrogens with zero attached hydrogens (tertiary/aromatic N) is 1. The van der Waals surface area contributed by atoms with E-state index in [1.54, 1.807) is 17.8 Å². The molecule has 0 spiro atoms. The summed E-state index contributed by atoms with van der Waals surface area (Å²) in [6.45, 7) is 2.79. The van der Waals surface area contributed by atoms with E-state index in [9.17, 15) is 4.79 Å². The second-order valence-corrected chi connectivity index (χ2v) is 8.46. The van der Waals surface area contributed by atoms with Crippen LogP contribution in [-0.2, 0) is 17.0 Å². The zero-order valence-electron chi connectivity index (χ0n) is 15.2. The molecule has 0 fully saturated rings. The predicted molar refractivity (Wildman–Crippen MR) is 117 cm³/mol. The maximum absolute atomic E-state index is 12.0. The fourth-order valence-corrected chi connectivity index (χ4v) is 4.41. The van der Waals surface area contributed by atoms with Gasteiger partial charge in [-0.15, -0.1) is 11.8 Å². The summed E-state index contributed by atoms with van der Waals surface area (Å²) in [4.78, 5) is 14.4. The number of thioether (sulfide) groups is 1. The number of benzene rings is 2. The van der Waals surface area contributed by atoms with Crippen molar-refractivity contribution in [2.24, 2.45) is 0 Å². The third-order valence-electron chi connectivity index (χ3n) is 4.62. The van der Waals surface area contributed by atoms with E-state index in [0.29, 0.717) is 22.3 Å². The zero-order valence-corrected chi connectivity index (χ0v) is 17.5. The number of nitrogens with one attached hydrogen (secondary N) is 1. The van der Waals surface area contributed by atoms with Gasteiger partial charge in [-0.1, -0.05) is 47.5 Å². The topological polar surface area (TPSA) is 32.3 Å². The lowest BCUT2D eigenvalue weighted by atomic mass is 10.0. The molecule has 0 radical (unpaired) electrons. The molecule has 1 aliphatic heterocycles. The van der Waals surface area contributed by atoms with Gasteiger partial charge in [0.15, 0.2) is 0 Å². The van der Waals surface area contributed by atoms with Gasteiger partial charge in [-0.25, -0.2) is 0 Å². The van der Waals surface area contributed by atoms with Crippen LogP contribution in [0.1, 0.15) is 24.0 Å². The highest BCUT2D eigenvalue weighted by molar-refractivity contribution is 7.99. The molecule has 0 atom stereocenters. The smallest absolute Gasteiger partial charge is 0.230 e. The summed E-state index contributed by atoms with van der Waals surface area (Å²) in [7, 11) is 0. The highest BCUT2D eigenvalue weighted by Gasteiger charge is 2.15. The molecular weight excluding hydrogens is 399 g/mol. The monoisotopic (exact) mass is 422 g/mol. The number of aryl methyl sites for hydroxylation is 1.